The minimum Gasteiger partial charge on any atom is -0.309 e. The highest BCUT2D eigenvalue weighted by Crippen LogP contribution is 2.42. The Morgan fingerprint density at radius 3 is 1.38 bits per heavy atom. The van der Waals surface area contributed by atoms with Gasteiger partial charge in [0.15, 0.2) is 17.5 Å². The van der Waals surface area contributed by atoms with E-state index in [0.717, 1.165) is 27.8 Å². The molecular weight excluding hydrogens is 701 g/mol. The van der Waals surface area contributed by atoms with Gasteiger partial charge in [0.2, 0.25) is 0 Å². The van der Waals surface area contributed by atoms with Crippen LogP contribution in [0.15, 0.2) is 194 Å². The molecule has 0 aliphatic rings. The number of hydrogen-bond donors (Lipinski definition) is 0. The SMILES string of the molecule is c1ccc(-c2ccc3c(c2)c2cc(-c4ccccc4)ccc2n3-c2ccc3c(c2)sc2cccc(-c4nc(-c5ccccc5)nc(-c5ccccc5)n4)c23)cc1. The summed E-state index contributed by atoms with van der Waals surface area (Å²) in [4.78, 5) is 15.1. The van der Waals surface area contributed by atoms with Crippen molar-refractivity contribution < 1.29 is 0 Å². The number of fused-ring (bicyclic) bond motifs is 6. The van der Waals surface area contributed by atoms with E-state index >= 15 is 0 Å². The van der Waals surface area contributed by atoms with Gasteiger partial charge < -0.3 is 4.57 Å². The third-order valence-corrected chi connectivity index (χ3v) is 11.8. The summed E-state index contributed by atoms with van der Waals surface area (Å²) in [5.74, 6) is 1.98. The quantitative estimate of drug-likeness (QED) is 0.171. The summed E-state index contributed by atoms with van der Waals surface area (Å²) >= 11 is 1.81. The first kappa shape index (κ1) is 32.2. The molecule has 0 unspecified atom stereocenters. The summed E-state index contributed by atoms with van der Waals surface area (Å²) in [7, 11) is 0. The van der Waals surface area contributed by atoms with Crippen molar-refractivity contribution in [3.63, 3.8) is 0 Å². The number of benzene rings is 8. The number of aromatic nitrogens is 4. The van der Waals surface area contributed by atoms with E-state index in [-0.39, 0.29) is 0 Å². The lowest BCUT2D eigenvalue weighted by Crippen LogP contribution is -2.00. The monoisotopic (exact) mass is 732 g/mol. The summed E-state index contributed by atoms with van der Waals surface area (Å²) in [5.41, 5.74) is 11.2. The summed E-state index contributed by atoms with van der Waals surface area (Å²) in [6.45, 7) is 0. The van der Waals surface area contributed by atoms with Crippen LogP contribution < -0.4 is 0 Å². The van der Waals surface area contributed by atoms with Crippen molar-refractivity contribution >= 4 is 53.3 Å². The minimum absolute atomic E-state index is 0.658. The average Bonchev–Trinajstić information content (AvgIpc) is 3.82. The first-order valence-electron chi connectivity index (χ1n) is 18.8. The highest BCUT2D eigenvalue weighted by Gasteiger charge is 2.19. The van der Waals surface area contributed by atoms with E-state index < -0.39 is 0 Å². The molecule has 0 aliphatic carbocycles. The topological polar surface area (TPSA) is 43.6 Å². The summed E-state index contributed by atoms with van der Waals surface area (Å²) < 4.78 is 4.82. The largest absolute Gasteiger partial charge is 0.309 e. The smallest absolute Gasteiger partial charge is 0.164 e. The van der Waals surface area contributed by atoms with Gasteiger partial charge >= 0.3 is 0 Å². The Labute approximate surface area is 327 Å². The minimum atomic E-state index is 0.658. The van der Waals surface area contributed by atoms with E-state index in [2.05, 4.69) is 162 Å². The summed E-state index contributed by atoms with van der Waals surface area (Å²) in [6.07, 6.45) is 0. The Balaban J connectivity index is 1.10. The fraction of sp³-hybridized carbons (Fsp3) is 0. The van der Waals surface area contributed by atoms with Gasteiger partial charge in [-0.25, -0.2) is 15.0 Å². The Morgan fingerprint density at radius 2 is 0.839 bits per heavy atom. The molecular formula is C51H32N4S. The van der Waals surface area contributed by atoms with Gasteiger partial charge in [0.05, 0.1) is 11.0 Å². The van der Waals surface area contributed by atoms with Gasteiger partial charge in [-0.1, -0.05) is 152 Å². The lowest BCUT2D eigenvalue weighted by Gasteiger charge is -2.10. The molecule has 5 heteroatoms. The maximum Gasteiger partial charge on any atom is 0.164 e. The van der Waals surface area contributed by atoms with E-state index in [0.29, 0.717) is 17.5 Å². The first-order valence-corrected chi connectivity index (χ1v) is 19.6. The third kappa shape index (κ3) is 5.48. The Hall–Kier alpha value is -7.21. The molecule has 0 saturated carbocycles. The Bertz CT molecular complexity index is 3070. The van der Waals surface area contributed by atoms with Crippen molar-refractivity contribution in [1.29, 1.82) is 0 Å². The van der Waals surface area contributed by atoms with E-state index in [4.69, 9.17) is 15.0 Å². The molecule has 0 bridgehead atoms. The molecule has 56 heavy (non-hydrogen) atoms. The van der Waals surface area contributed by atoms with Crippen LogP contribution in [-0.2, 0) is 0 Å². The molecule has 11 aromatic rings. The number of nitrogens with zero attached hydrogens (tertiary/aromatic N) is 4. The fourth-order valence-electron chi connectivity index (χ4n) is 7.99. The zero-order valence-corrected chi connectivity index (χ0v) is 31.0. The van der Waals surface area contributed by atoms with Gasteiger partial charge in [-0.3, -0.25) is 0 Å². The predicted octanol–water partition coefficient (Wildman–Crippen LogP) is 13.7. The van der Waals surface area contributed by atoms with Crippen LogP contribution in [0.2, 0.25) is 0 Å². The van der Waals surface area contributed by atoms with Crippen molar-refractivity contribution in [3.8, 4) is 62.1 Å². The van der Waals surface area contributed by atoms with Crippen molar-refractivity contribution in [2.75, 3.05) is 0 Å². The van der Waals surface area contributed by atoms with Gasteiger partial charge in [0.1, 0.15) is 0 Å². The Morgan fingerprint density at radius 1 is 0.339 bits per heavy atom. The summed E-state index contributed by atoms with van der Waals surface area (Å²) in [6, 6.07) is 68.7. The zero-order valence-electron chi connectivity index (χ0n) is 30.2. The van der Waals surface area contributed by atoms with Crippen LogP contribution in [0.3, 0.4) is 0 Å². The van der Waals surface area contributed by atoms with Crippen LogP contribution in [0.4, 0.5) is 0 Å². The van der Waals surface area contributed by atoms with Gasteiger partial charge in [-0.05, 0) is 64.7 Å². The fourth-order valence-corrected chi connectivity index (χ4v) is 9.16. The highest BCUT2D eigenvalue weighted by molar-refractivity contribution is 7.26. The number of hydrogen-bond acceptors (Lipinski definition) is 4. The molecule has 0 amide bonds. The van der Waals surface area contributed by atoms with Crippen molar-refractivity contribution in [2.24, 2.45) is 0 Å². The number of thiophene rings is 1. The maximum atomic E-state index is 5.10. The maximum absolute atomic E-state index is 5.10. The average molecular weight is 733 g/mol. The van der Waals surface area contributed by atoms with Gasteiger partial charge in [0, 0.05) is 53.3 Å². The lowest BCUT2D eigenvalue weighted by atomic mass is 10.0. The second-order valence-electron chi connectivity index (χ2n) is 14.0. The molecule has 0 saturated heterocycles. The van der Waals surface area contributed by atoms with Crippen molar-refractivity contribution in [2.45, 2.75) is 0 Å². The lowest BCUT2D eigenvalue weighted by molar-refractivity contribution is 1.08. The second-order valence-corrected chi connectivity index (χ2v) is 15.1. The molecule has 0 fully saturated rings. The molecule has 0 aliphatic heterocycles. The molecule has 0 N–H and O–H groups in total. The second kappa shape index (κ2) is 13.3. The van der Waals surface area contributed by atoms with E-state index in [1.807, 2.05) is 47.7 Å². The molecule has 4 nitrogen and oxygen atoms in total. The van der Waals surface area contributed by atoms with Crippen molar-refractivity contribution in [3.05, 3.63) is 194 Å². The molecule has 11 rings (SSSR count). The molecule has 262 valence electrons. The van der Waals surface area contributed by atoms with Crippen LogP contribution in [-0.4, -0.2) is 19.5 Å². The van der Waals surface area contributed by atoms with Crippen LogP contribution in [0.5, 0.6) is 0 Å². The molecule has 0 radical (unpaired) electrons. The highest BCUT2D eigenvalue weighted by atomic mass is 32.1. The van der Waals surface area contributed by atoms with Gasteiger partial charge in [-0.2, -0.15) is 0 Å². The molecule has 0 spiro atoms. The summed E-state index contributed by atoms with van der Waals surface area (Å²) in [5, 5.41) is 4.81. The van der Waals surface area contributed by atoms with E-state index in [9.17, 15) is 0 Å². The number of rotatable bonds is 6. The van der Waals surface area contributed by atoms with Crippen LogP contribution in [0.1, 0.15) is 0 Å². The zero-order chi connectivity index (χ0) is 37.0. The Kier molecular flexibility index (Phi) is 7.64. The van der Waals surface area contributed by atoms with E-state index in [1.165, 1.54) is 58.8 Å². The van der Waals surface area contributed by atoms with Gasteiger partial charge in [0.25, 0.3) is 0 Å². The third-order valence-electron chi connectivity index (χ3n) is 10.7. The van der Waals surface area contributed by atoms with Crippen LogP contribution >= 0.6 is 11.3 Å². The standard InChI is InChI=1S/C51H32N4S/c1-5-14-33(15-6-1)37-24-28-44-42(30-37)43-31-38(34-16-7-2-8-17-34)25-29-45(43)55(44)39-26-27-40-47(32-39)56-46-23-13-22-41(48(40)46)51-53-49(35-18-9-3-10-19-35)52-50(54-51)36-20-11-4-12-21-36/h1-32H. The van der Waals surface area contributed by atoms with E-state index in [1.54, 1.807) is 0 Å². The van der Waals surface area contributed by atoms with Crippen molar-refractivity contribution in [1.82, 2.24) is 19.5 Å². The molecule has 3 aromatic heterocycles. The first-order chi connectivity index (χ1) is 27.7. The van der Waals surface area contributed by atoms with Crippen LogP contribution in [0, 0.1) is 0 Å². The molecule has 3 heterocycles. The van der Waals surface area contributed by atoms with Gasteiger partial charge in [-0.15, -0.1) is 11.3 Å². The van der Waals surface area contributed by atoms with Crippen LogP contribution in [0.25, 0.3) is 104 Å². The molecule has 0 atom stereocenters. The predicted molar refractivity (Wildman–Crippen MR) is 234 cm³/mol. The molecule has 8 aromatic carbocycles. The normalized spacial score (nSPS) is 11.6.